The molecule has 0 radical (unpaired) electrons. The average Bonchev–Trinajstić information content (AvgIpc) is 3.02. The first-order valence-corrected chi connectivity index (χ1v) is 8.70. The summed E-state index contributed by atoms with van der Waals surface area (Å²) in [4.78, 5) is 8.98. The summed E-state index contributed by atoms with van der Waals surface area (Å²) in [5.74, 6) is 3.00. The molecule has 5 nitrogen and oxygen atoms in total. The van der Waals surface area contributed by atoms with Gasteiger partial charge < -0.3 is 15.4 Å². The molecule has 0 spiro atoms. The molecule has 0 fully saturated rings. The minimum atomic E-state index is 0.481. The van der Waals surface area contributed by atoms with Crippen molar-refractivity contribution in [1.82, 2.24) is 9.97 Å². The van der Waals surface area contributed by atoms with E-state index >= 15 is 0 Å². The van der Waals surface area contributed by atoms with Crippen LogP contribution in [0, 0.1) is 6.92 Å². The highest BCUT2D eigenvalue weighted by Crippen LogP contribution is 2.39. The molecule has 2 N–H and O–H groups in total. The van der Waals surface area contributed by atoms with Gasteiger partial charge in [-0.3, -0.25) is 0 Å². The third-order valence-electron chi connectivity index (χ3n) is 4.43. The molecule has 5 heteroatoms. The van der Waals surface area contributed by atoms with Crippen LogP contribution in [0.25, 0.3) is 0 Å². The van der Waals surface area contributed by atoms with E-state index in [1.807, 2.05) is 20.0 Å². The molecule has 3 rings (SSSR count). The number of rotatable bonds is 6. The minimum Gasteiger partial charge on any atom is -0.493 e. The second kappa shape index (κ2) is 7.07. The molecule has 1 atom stereocenters. The first kappa shape index (κ1) is 16.6. The molecule has 1 aromatic heterocycles. The van der Waals surface area contributed by atoms with Gasteiger partial charge in [0.2, 0.25) is 5.95 Å². The van der Waals surface area contributed by atoms with E-state index in [1.54, 1.807) is 0 Å². The lowest BCUT2D eigenvalue weighted by molar-refractivity contribution is 0.351. The summed E-state index contributed by atoms with van der Waals surface area (Å²) in [7, 11) is 1.86. The van der Waals surface area contributed by atoms with Crippen LogP contribution in [-0.2, 0) is 6.42 Å². The molecule has 2 aromatic rings. The number of hydrogen-bond acceptors (Lipinski definition) is 5. The summed E-state index contributed by atoms with van der Waals surface area (Å²) in [5.41, 5.74) is 4.53. The molecule has 1 unspecified atom stereocenters. The van der Waals surface area contributed by atoms with Crippen molar-refractivity contribution in [2.24, 2.45) is 0 Å². The Kier molecular flexibility index (Phi) is 4.88. The fourth-order valence-corrected chi connectivity index (χ4v) is 3.25. The second-order valence-corrected chi connectivity index (χ2v) is 6.44. The maximum absolute atomic E-state index is 5.89. The number of anilines is 3. The highest BCUT2D eigenvalue weighted by Gasteiger charge is 2.21. The Labute approximate surface area is 143 Å². The fraction of sp³-hybridized carbons (Fsp3) is 0.474. The zero-order valence-electron chi connectivity index (χ0n) is 14.9. The first-order valence-electron chi connectivity index (χ1n) is 8.70. The third-order valence-corrected chi connectivity index (χ3v) is 4.43. The van der Waals surface area contributed by atoms with Gasteiger partial charge in [-0.15, -0.1) is 0 Å². The van der Waals surface area contributed by atoms with Crippen molar-refractivity contribution in [2.75, 3.05) is 24.3 Å². The first-order chi connectivity index (χ1) is 11.6. The fourth-order valence-electron chi connectivity index (χ4n) is 3.25. The predicted molar refractivity (Wildman–Crippen MR) is 98.6 cm³/mol. The molecule has 0 amide bonds. The molecule has 1 aliphatic heterocycles. The van der Waals surface area contributed by atoms with Gasteiger partial charge >= 0.3 is 0 Å². The highest BCUT2D eigenvalue weighted by molar-refractivity contribution is 5.62. The number of aromatic nitrogens is 2. The van der Waals surface area contributed by atoms with Crippen LogP contribution < -0.4 is 15.4 Å². The van der Waals surface area contributed by atoms with Gasteiger partial charge in [0.25, 0.3) is 0 Å². The van der Waals surface area contributed by atoms with Crippen molar-refractivity contribution in [3.8, 4) is 5.75 Å². The van der Waals surface area contributed by atoms with Crippen LogP contribution in [0.3, 0.4) is 0 Å². The summed E-state index contributed by atoms with van der Waals surface area (Å²) in [6.07, 6.45) is 3.29. The Hall–Kier alpha value is -2.30. The Bertz CT molecular complexity index is 730. The smallest absolute Gasteiger partial charge is 0.229 e. The molecule has 1 aromatic carbocycles. The molecule has 0 saturated carbocycles. The number of nitrogens with zero attached hydrogens (tertiary/aromatic N) is 2. The van der Waals surface area contributed by atoms with Gasteiger partial charge in [0.1, 0.15) is 11.6 Å². The van der Waals surface area contributed by atoms with Crippen LogP contribution in [0.4, 0.5) is 17.5 Å². The Morgan fingerprint density at radius 1 is 1.25 bits per heavy atom. The number of ether oxygens (including phenoxy) is 1. The minimum absolute atomic E-state index is 0.481. The largest absolute Gasteiger partial charge is 0.493 e. The lowest BCUT2D eigenvalue weighted by atomic mass is 9.93. The van der Waals surface area contributed by atoms with E-state index < -0.39 is 0 Å². The van der Waals surface area contributed by atoms with Crippen LogP contribution in [-0.4, -0.2) is 23.6 Å². The van der Waals surface area contributed by atoms with Crippen LogP contribution in [0.2, 0.25) is 0 Å². The number of hydrogen-bond donors (Lipinski definition) is 2. The maximum Gasteiger partial charge on any atom is 0.229 e. The topological polar surface area (TPSA) is 59.1 Å². The summed E-state index contributed by atoms with van der Waals surface area (Å²) in [6.45, 7) is 7.24. The molecule has 0 aliphatic carbocycles. The molecular formula is C19H26N4O. The van der Waals surface area contributed by atoms with E-state index in [0.717, 1.165) is 42.4 Å². The zero-order chi connectivity index (χ0) is 17.1. The van der Waals surface area contributed by atoms with E-state index in [0.29, 0.717) is 11.9 Å². The normalized spacial score (nSPS) is 14.0. The van der Waals surface area contributed by atoms with E-state index in [9.17, 15) is 0 Å². The van der Waals surface area contributed by atoms with E-state index in [1.165, 1.54) is 17.5 Å². The van der Waals surface area contributed by atoms with Crippen molar-refractivity contribution < 1.29 is 4.74 Å². The molecule has 0 bridgehead atoms. The monoisotopic (exact) mass is 326 g/mol. The number of aryl methyl sites for hydroxylation is 1. The summed E-state index contributed by atoms with van der Waals surface area (Å²) in [6, 6.07) is 6.28. The van der Waals surface area contributed by atoms with Crippen molar-refractivity contribution >= 4 is 17.5 Å². The molecule has 24 heavy (non-hydrogen) atoms. The average molecular weight is 326 g/mol. The quantitative estimate of drug-likeness (QED) is 0.823. The van der Waals surface area contributed by atoms with E-state index in [4.69, 9.17) is 4.74 Å². The molecule has 1 aliphatic rings. The van der Waals surface area contributed by atoms with Crippen molar-refractivity contribution in [3.63, 3.8) is 0 Å². The standard InChI is InChI=1S/C19H26N4O/c1-5-6-12(2)16-11-15(10-14-7-8-24-18(14)16)22-19-21-13(3)9-17(20-4)23-19/h9-12H,5-8H2,1-4H3,(H2,20,21,22,23). The van der Waals surface area contributed by atoms with Gasteiger partial charge in [0.15, 0.2) is 0 Å². The lowest BCUT2D eigenvalue weighted by Gasteiger charge is -2.17. The second-order valence-electron chi connectivity index (χ2n) is 6.44. The lowest BCUT2D eigenvalue weighted by Crippen LogP contribution is -2.04. The van der Waals surface area contributed by atoms with Crippen molar-refractivity contribution in [3.05, 3.63) is 35.0 Å². The van der Waals surface area contributed by atoms with Crippen molar-refractivity contribution in [1.29, 1.82) is 0 Å². The predicted octanol–water partition coefficient (Wildman–Crippen LogP) is 4.41. The molecule has 2 heterocycles. The van der Waals surface area contributed by atoms with Crippen LogP contribution >= 0.6 is 0 Å². The van der Waals surface area contributed by atoms with Gasteiger partial charge in [-0.1, -0.05) is 20.3 Å². The Morgan fingerprint density at radius 3 is 2.83 bits per heavy atom. The zero-order valence-corrected chi connectivity index (χ0v) is 14.9. The van der Waals surface area contributed by atoms with Gasteiger partial charge in [-0.2, -0.15) is 4.98 Å². The van der Waals surface area contributed by atoms with Crippen molar-refractivity contribution in [2.45, 2.75) is 46.0 Å². The molecule has 0 saturated heterocycles. The SMILES string of the molecule is CCCC(C)c1cc(Nc2nc(C)cc(NC)n2)cc2c1OCC2. The highest BCUT2D eigenvalue weighted by atomic mass is 16.5. The maximum atomic E-state index is 5.89. The number of benzene rings is 1. The summed E-state index contributed by atoms with van der Waals surface area (Å²) < 4.78 is 5.89. The van der Waals surface area contributed by atoms with Gasteiger partial charge in [-0.25, -0.2) is 4.98 Å². The Morgan fingerprint density at radius 2 is 2.08 bits per heavy atom. The Balaban J connectivity index is 1.94. The van der Waals surface area contributed by atoms with Gasteiger partial charge in [0, 0.05) is 30.9 Å². The molecule has 128 valence electrons. The van der Waals surface area contributed by atoms with Crippen LogP contribution in [0.1, 0.15) is 49.4 Å². The number of fused-ring (bicyclic) bond motifs is 1. The number of nitrogens with one attached hydrogen (secondary N) is 2. The van der Waals surface area contributed by atoms with Gasteiger partial charge in [-0.05, 0) is 42.5 Å². The van der Waals surface area contributed by atoms with Gasteiger partial charge in [0.05, 0.1) is 6.61 Å². The third kappa shape index (κ3) is 3.45. The van der Waals surface area contributed by atoms with E-state index in [2.05, 4.69) is 46.6 Å². The summed E-state index contributed by atoms with van der Waals surface area (Å²) >= 11 is 0. The van der Waals surface area contributed by atoms with Crippen LogP contribution in [0.5, 0.6) is 5.75 Å². The summed E-state index contributed by atoms with van der Waals surface area (Å²) in [5, 5.41) is 6.44. The van der Waals surface area contributed by atoms with Crippen LogP contribution in [0.15, 0.2) is 18.2 Å². The molecular weight excluding hydrogens is 300 g/mol. The van der Waals surface area contributed by atoms with E-state index in [-0.39, 0.29) is 0 Å².